The van der Waals surface area contributed by atoms with Crippen molar-refractivity contribution in [2.45, 2.75) is 19.8 Å². The van der Waals surface area contributed by atoms with E-state index in [9.17, 15) is 0 Å². The Morgan fingerprint density at radius 3 is 2.75 bits per heavy atom. The van der Waals surface area contributed by atoms with Gasteiger partial charge in [0.15, 0.2) is 11.5 Å². The number of aromatic nitrogens is 5. The molecule has 7 nitrogen and oxygen atoms in total. The van der Waals surface area contributed by atoms with E-state index in [2.05, 4.69) is 42.9 Å². The Bertz CT molecular complexity index is 1650. The lowest BCUT2D eigenvalue weighted by molar-refractivity contribution is 0.626. The van der Waals surface area contributed by atoms with Crippen molar-refractivity contribution >= 4 is 33.9 Å². The number of aromatic amines is 1. The Labute approximate surface area is 210 Å². The number of H-pyrrole nitrogens is 1. The van der Waals surface area contributed by atoms with Gasteiger partial charge in [-0.1, -0.05) is 6.58 Å². The van der Waals surface area contributed by atoms with E-state index in [1.165, 1.54) is 17.3 Å². The van der Waals surface area contributed by atoms with Gasteiger partial charge in [-0.3, -0.25) is 15.4 Å². The lowest BCUT2D eigenvalue weighted by atomic mass is 10.0. The van der Waals surface area contributed by atoms with Crippen LogP contribution >= 0.6 is 11.3 Å². The predicted octanol–water partition coefficient (Wildman–Crippen LogP) is 6.34. The summed E-state index contributed by atoms with van der Waals surface area (Å²) in [7, 11) is 0. The number of thiophene rings is 1. The Balaban J connectivity index is 1.34. The van der Waals surface area contributed by atoms with Crippen LogP contribution in [0.15, 0.2) is 67.5 Å². The standard InChI is InChI=1S/C27H22FN7S/c1-14-3-6-22(36-14)19-7-8-32-27-25(19)34-26(35-27)24(29)21-13-31-12-20(23(21)28)17-9-18(11-30-10-17)33-15(2)16-4-5-16/h3,6-13,16,29,33H,2,4-5H2,1H3,(H,32,34,35). The number of fused-ring (bicyclic) bond motifs is 1. The first-order valence-electron chi connectivity index (χ1n) is 11.5. The van der Waals surface area contributed by atoms with Gasteiger partial charge in [-0.25, -0.2) is 14.4 Å². The number of hydrogen-bond donors (Lipinski definition) is 3. The van der Waals surface area contributed by atoms with Gasteiger partial charge in [-0.05, 0) is 49.9 Å². The van der Waals surface area contributed by atoms with Crippen molar-refractivity contribution in [1.29, 1.82) is 5.41 Å². The second kappa shape index (κ2) is 8.76. The Morgan fingerprint density at radius 1 is 1.14 bits per heavy atom. The highest BCUT2D eigenvalue weighted by Crippen LogP contribution is 2.36. The van der Waals surface area contributed by atoms with Crippen LogP contribution in [0.2, 0.25) is 0 Å². The summed E-state index contributed by atoms with van der Waals surface area (Å²) < 4.78 is 15.7. The first kappa shape index (κ1) is 22.2. The van der Waals surface area contributed by atoms with E-state index in [1.54, 1.807) is 29.9 Å². The number of imidazole rings is 1. The molecule has 1 aliphatic rings. The summed E-state index contributed by atoms with van der Waals surface area (Å²) in [5.74, 6) is 0.154. The summed E-state index contributed by atoms with van der Waals surface area (Å²) in [5, 5.41) is 12.0. The van der Waals surface area contributed by atoms with E-state index in [0.717, 1.165) is 34.7 Å². The second-order valence-corrected chi connectivity index (χ2v) is 10.2. The van der Waals surface area contributed by atoms with Gasteiger partial charge in [0.2, 0.25) is 0 Å². The molecule has 5 aromatic rings. The molecule has 0 aliphatic heterocycles. The molecular formula is C27H22FN7S. The number of allylic oxidation sites excluding steroid dienone is 1. The van der Waals surface area contributed by atoms with E-state index in [-0.39, 0.29) is 22.7 Å². The molecule has 1 saturated carbocycles. The number of rotatable bonds is 7. The molecule has 1 aliphatic carbocycles. The van der Waals surface area contributed by atoms with Gasteiger partial charge < -0.3 is 10.3 Å². The molecular weight excluding hydrogens is 473 g/mol. The summed E-state index contributed by atoms with van der Waals surface area (Å²) in [6, 6.07) is 7.83. The first-order chi connectivity index (χ1) is 17.5. The number of nitrogens with zero attached hydrogens (tertiary/aromatic N) is 4. The van der Waals surface area contributed by atoms with E-state index in [4.69, 9.17) is 5.41 Å². The van der Waals surface area contributed by atoms with Crippen molar-refractivity contribution in [3.8, 4) is 21.6 Å². The molecule has 6 rings (SSSR count). The average molecular weight is 496 g/mol. The lowest BCUT2D eigenvalue weighted by Crippen LogP contribution is -2.08. The van der Waals surface area contributed by atoms with Crippen LogP contribution in [-0.2, 0) is 0 Å². The predicted molar refractivity (Wildman–Crippen MR) is 141 cm³/mol. The van der Waals surface area contributed by atoms with Crippen LogP contribution in [0, 0.1) is 24.1 Å². The van der Waals surface area contributed by atoms with E-state index >= 15 is 4.39 Å². The fourth-order valence-electron chi connectivity index (χ4n) is 4.14. The molecule has 5 aromatic heterocycles. The molecule has 0 unspecified atom stereocenters. The fourth-order valence-corrected chi connectivity index (χ4v) is 5.04. The maximum Gasteiger partial charge on any atom is 0.178 e. The molecule has 1 fully saturated rings. The van der Waals surface area contributed by atoms with Gasteiger partial charge in [0.25, 0.3) is 0 Å². The van der Waals surface area contributed by atoms with E-state index in [1.807, 2.05) is 25.1 Å². The minimum atomic E-state index is -0.558. The summed E-state index contributed by atoms with van der Waals surface area (Å²) >= 11 is 1.67. The van der Waals surface area contributed by atoms with Gasteiger partial charge in [-0.15, -0.1) is 11.3 Å². The SMILES string of the molecule is C=C(Nc1cncc(-c2cncc(C(=N)c3nc4nccc(-c5ccc(C)s5)c4[nH]3)c2F)c1)C1CC1. The summed E-state index contributed by atoms with van der Waals surface area (Å²) in [4.78, 5) is 22.7. The van der Waals surface area contributed by atoms with Crippen LogP contribution in [0.25, 0.3) is 32.7 Å². The Kier molecular flexibility index (Phi) is 5.41. The summed E-state index contributed by atoms with van der Waals surface area (Å²) in [6.45, 7) is 6.13. The number of halogens is 1. The molecule has 0 aromatic carbocycles. The van der Waals surface area contributed by atoms with Crippen molar-refractivity contribution in [1.82, 2.24) is 24.9 Å². The van der Waals surface area contributed by atoms with Gasteiger partial charge >= 0.3 is 0 Å². The smallest absolute Gasteiger partial charge is 0.178 e. The lowest BCUT2D eigenvalue weighted by Gasteiger charge is -2.11. The van der Waals surface area contributed by atoms with Gasteiger partial charge in [0, 0.05) is 56.9 Å². The molecule has 0 bridgehead atoms. The highest BCUT2D eigenvalue weighted by Gasteiger charge is 2.25. The molecule has 0 saturated heterocycles. The Morgan fingerprint density at radius 2 is 1.97 bits per heavy atom. The minimum Gasteiger partial charge on any atom is -0.358 e. The van der Waals surface area contributed by atoms with Gasteiger partial charge in [-0.2, -0.15) is 0 Å². The van der Waals surface area contributed by atoms with Gasteiger partial charge in [0.1, 0.15) is 11.5 Å². The summed E-state index contributed by atoms with van der Waals surface area (Å²) in [5.41, 5.74) is 4.57. The van der Waals surface area contributed by atoms with E-state index < -0.39 is 5.82 Å². The second-order valence-electron chi connectivity index (χ2n) is 8.86. The third kappa shape index (κ3) is 4.07. The maximum absolute atomic E-state index is 15.7. The Hall–Kier alpha value is -4.24. The number of pyridine rings is 3. The van der Waals surface area contributed by atoms with Crippen LogP contribution in [0.4, 0.5) is 10.1 Å². The average Bonchev–Trinajstić information content (AvgIpc) is 3.50. The van der Waals surface area contributed by atoms with Crippen LogP contribution in [0.3, 0.4) is 0 Å². The van der Waals surface area contributed by atoms with Gasteiger partial charge in [0.05, 0.1) is 23.0 Å². The first-order valence-corrected chi connectivity index (χ1v) is 12.3. The van der Waals surface area contributed by atoms with Crippen molar-refractivity contribution in [3.63, 3.8) is 0 Å². The molecule has 36 heavy (non-hydrogen) atoms. The largest absolute Gasteiger partial charge is 0.358 e. The quantitative estimate of drug-likeness (QED) is 0.229. The van der Waals surface area contributed by atoms with Crippen LogP contribution < -0.4 is 5.32 Å². The van der Waals surface area contributed by atoms with Crippen molar-refractivity contribution in [2.75, 3.05) is 5.32 Å². The highest BCUT2D eigenvalue weighted by molar-refractivity contribution is 7.15. The third-order valence-corrected chi connectivity index (χ3v) is 7.24. The molecule has 0 amide bonds. The molecule has 0 spiro atoms. The highest BCUT2D eigenvalue weighted by atomic mass is 32.1. The molecule has 9 heteroatoms. The number of hydrogen-bond acceptors (Lipinski definition) is 7. The normalized spacial score (nSPS) is 13.2. The zero-order valence-corrected chi connectivity index (χ0v) is 20.3. The third-order valence-electron chi connectivity index (χ3n) is 6.21. The van der Waals surface area contributed by atoms with E-state index in [0.29, 0.717) is 22.6 Å². The molecule has 0 radical (unpaired) electrons. The monoisotopic (exact) mass is 495 g/mol. The van der Waals surface area contributed by atoms with Crippen molar-refractivity contribution < 1.29 is 4.39 Å². The fraction of sp³-hybridized carbons (Fsp3) is 0.148. The molecule has 5 heterocycles. The molecule has 0 atom stereocenters. The number of nitrogens with one attached hydrogen (secondary N) is 3. The molecule has 178 valence electrons. The van der Waals surface area contributed by atoms with Crippen LogP contribution in [0.5, 0.6) is 0 Å². The topological polar surface area (TPSA) is 103 Å². The minimum absolute atomic E-state index is 0.0424. The summed E-state index contributed by atoms with van der Waals surface area (Å²) in [6.07, 6.45) is 10.0. The zero-order chi connectivity index (χ0) is 24.8. The van der Waals surface area contributed by atoms with Crippen molar-refractivity contribution in [3.05, 3.63) is 89.6 Å². The maximum atomic E-state index is 15.7. The van der Waals surface area contributed by atoms with Crippen LogP contribution in [-0.4, -0.2) is 30.6 Å². The number of aryl methyl sites for hydroxylation is 1. The zero-order valence-electron chi connectivity index (χ0n) is 19.5. The van der Waals surface area contributed by atoms with Crippen LogP contribution in [0.1, 0.15) is 29.1 Å². The number of anilines is 1. The molecule has 3 N–H and O–H groups in total. The van der Waals surface area contributed by atoms with Crippen molar-refractivity contribution in [2.24, 2.45) is 5.92 Å².